The first-order chi connectivity index (χ1) is 15.6. The van der Waals surface area contributed by atoms with Crippen LogP contribution in [0, 0.1) is 12.7 Å². The summed E-state index contributed by atoms with van der Waals surface area (Å²) >= 11 is 0. The Kier molecular flexibility index (Phi) is 5.76. The smallest absolute Gasteiger partial charge is 0.255 e. The van der Waals surface area contributed by atoms with Gasteiger partial charge in [-0.15, -0.1) is 0 Å². The maximum Gasteiger partial charge on any atom is 0.255 e. The molecule has 0 aliphatic rings. The van der Waals surface area contributed by atoms with Crippen molar-refractivity contribution in [2.24, 2.45) is 0 Å². The standard InChI is InChI=1S/C26H25FN2O3S/c1-16-7-6-8-18(13-16)20-14-21-23(15-22(20)29(3)33(4,5)31)32-25(24(21)26(30)28-2)17-9-11-19(27)12-10-17/h6-15H,4H2,1-3,5H3,(H,28,30). The van der Waals surface area contributed by atoms with E-state index in [1.54, 1.807) is 42.9 Å². The van der Waals surface area contributed by atoms with Crippen LogP contribution in [0.5, 0.6) is 0 Å². The van der Waals surface area contributed by atoms with E-state index in [1.807, 2.05) is 37.3 Å². The van der Waals surface area contributed by atoms with Crippen molar-refractivity contribution in [3.05, 3.63) is 77.6 Å². The fraction of sp³-hybridized carbons (Fsp3) is 0.154. The van der Waals surface area contributed by atoms with Gasteiger partial charge in [-0.25, -0.2) is 8.60 Å². The second-order valence-electron chi connectivity index (χ2n) is 8.08. The molecular formula is C26H25FN2O3S. The van der Waals surface area contributed by atoms with E-state index < -0.39 is 9.71 Å². The number of fused-ring (bicyclic) bond motifs is 1. The van der Waals surface area contributed by atoms with Gasteiger partial charge in [0, 0.05) is 52.6 Å². The molecule has 0 bridgehead atoms. The van der Waals surface area contributed by atoms with Gasteiger partial charge >= 0.3 is 0 Å². The number of hydrogen-bond acceptors (Lipinski definition) is 3. The Hall–Kier alpha value is -3.58. The van der Waals surface area contributed by atoms with Crippen LogP contribution in [0.2, 0.25) is 0 Å². The number of amides is 1. The summed E-state index contributed by atoms with van der Waals surface area (Å²) in [6.45, 7) is 2.00. The summed E-state index contributed by atoms with van der Waals surface area (Å²) in [5.74, 6) is 3.46. The highest BCUT2D eigenvalue weighted by Crippen LogP contribution is 2.41. The number of benzene rings is 3. The minimum atomic E-state index is -2.58. The van der Waals surface area contributed by atoms with Crippen molar-refractivity contribution in [3.8, 4) is 22.5 Å². The van der Waals surface area contributed by atoms with Gasteiger partial charge in [0.2, 0.25) is 0 Å². The molecule has 1 heterocycles. The average molecular weight is 465 g/mol. The van der Waals surface area contributed by atoms with Crippen molar-refractivity contribution >= 4 is 38.1 Å². The molecule has 0 fully saturated rings. The normalized spacial score (nSPS) is 13.0. The minimum absolute atomic E-state index is 0.319. The van der Waals surface area contributed by atoms with Crippen LogP contribution in [0.1, 0.15) is 15.9 Å². The van der Waals surface area contributed by atoms with Gasteiger partial charge in [-0.05, 0) is 48.7 Å². The lowest BCUT2D eigenvalue weighted by Crippen LogP contribution is -2.25. The van der Waals surface area contributed by atoms with E-state index in [-0.39, 0.29) is 11.7 Å². The van der Waals surface area contributed by atoms with E-state index in [1.165, 1.54) is 12.1 Å². The quantitative estimate of drug-likeness (QED) is 0.409. The van der Waals surface area contributed by atoms with Crippen molar-refractivity contribution < 1.29 is 17.8 Å². The molecule has 7 heteroatoms. The monoisotopic (exact) mass is 464 g/mol. The zero-order valence-electron chi connectivity index (χ0n) is 18.9. The molecule has 0 aliphatic heterocycles. The van der Waals surface area contributed by atoms with Crippen LogP contribution in [0.4, 0.5) is 10.1 Å². The molecule has 170 valence electrons. The molecule has 4 aromatic rings. The number of nitrogens with one attached hydrogen (secondary N) is 1. The summed E-state index contributed by atoms with van der Waals surface area (Å²) < 4.78 is 34.1. The van der Waals surface area contributed by atoms with Crippen LogP contribution in [0.25, 0.3) is 33.4 Å². The highest BCUT2D eigenvalue weighted by Gasteiger charge is 2.25. The van der Waals surface area contributed by atoms with Crippen molar-refractivity contribution in [2.45, 2.75) is 6.92 Å². The Labute approximate surface area is 193 Å². The third-order valence-corrected chi connectivity index (χ3v) is 6.97. The maximum atomic E-state index is 13.5. The molecule has 4 rings (SSSR count). The second-order valence-corrected chi connectivity index (χ2v) is 10.6. The van der Waals surface area contributed by atoms with E-state index in [9.17, 15) is 13.4 Å². The first kappa shape index (κ1) is 22.6. The number of anilines is 1. The van der Waals surface area contributed by atoms with Crippen LogP contribution in [-0.4, -0.2) is 36.3 Å². The van der Waals surface area contributed by atoms with Crippen LogP contribution in [0.3, 0.4) is 0 Å². The first-order valence-electron chi connectivity index (χ1n) is 10.3. The summed E-state index contributed by atoms with van der Waals surface area (Å²) in [5, 5.41) is 3.28. The molecule has 33 heavy (non-hydrogen) atoms. The summed E-state index contributed by atoms with van der Waals surface area (Å²) in [5.41, 5.74) is 4.83. The van der Waals surface area contributed by atoms with Crippen molar-refractivity contribution in [2.75, 3.05) is 24.7 Å². The highest BCUT2D eigenvalue weighted by atomic mass is 32.2. The molecule has 5 nitrogen and oxygen atoms in total. The Balaban J connectivity index is 2.09. The van der Waals surface area contributed by atoms with Crippen LogP contribution in [0.15, 0.2) is 65.1 Å². The number of halogens is 1. The fourth-order valence-electron chi connectivity index (χ4n) is 3.80. The summed E-state index contributed by atoms with van der Waals surface area (Å²) in [7, 11) is 0.696. The lowest BCUT2D eigenvalue weighted by molar-refractivity contribution is 0.0964. The molecule has 1 amide bonds. The topological polar surface area (TPSA) is 62.6 Å². The maximum absolute atomic E-state index is 13.5. The zero-order valence-corrected chi connectivity index (χ0v) is 19.8. The number of rotatable bonds is 5. The first-order valence-corrected chi connectivity index (χ1v) is 12.4. The van der Waals surface area contributed by atoms with Gasteiger partial charge in [0.1, 0.15) is 17.2 Å². The Morgan fingerprint density at radius 3 is 2.39 bits per heavy atom. The zero-order chi connectivity index (χ0) is 23.9. The number of carbonyl (C=O) groups excluding carboxylic acids is 1. The summed E-state index contributed by atoms with van der Waals surface area (Å²) in [6, 6.07) is 17.4. The Bertz CT molecular complexity index is 1470. The molecule has 1 atom stereocenters. The molecule has 0 saturated carbocycles. The van der Waals surface area contributed by atoms with E-state index in [0.29, 0.717) is 33.5 Å². The Morgan fingerprint density at radius 1 is 1.09 bits per heavy atom. The van der Waals surface area contributed by atoms with E-state index in [2.05, 4.69) is 11.2 Å². The second kappa shape index (κ2) is 8.41. The lowest BCUT2D eigenvalue weighted by Gasteiger charge is -2.24. The number of aryl methyl sites for hydroxylation is 1. The highest BCUT2D eigenvalue weighted by molar-refractivity contribution is 8.00. The summed E-state index contributed by atoms with van der Waals surface area (Å²) in [6.07, 6.45) is 1.57. The third-order valence-electron chi connectivity index (χ3n) is 5.61. The van der Waals surface area contributed by atoms with E-state index in [4.69, 9.17) is 4.42 Å². The number of carbonyl (C=O) groups is 1. The van der Waals surface area contributed by atoms with Gasteiger partial charge in [-0.2, -0.15) is 0 Å². The third kappa shape index (κ3) is 4.24. The van der Waals surface area contributed by atoms with Gasteiger partial charge in [0.05, 0.1) is 11.3 Å². The molecular weight excluding hydrogens is 439 g/mol. The molecule has 1 aromatic heterocycles. The molecule has 0 radical (unpaired) electrons. The van der Waals surface area contributed by atoms with Gasteiger partial charge in [-0.1, -0.05) is 29.8 Å². The van der Waals surface area contributed by atoms with Crippen LogP contribution in [-0.2, 0) is 9.71 Å². The number of furan rings is 1. The molecule has 1 N–H and O–H groups in total. The SMILES string of the molecule is C=S(C)(=O)N(C)c1cc2oc(-c3ccc(F)cc3)c(C(=O)NC)c2cc1-c1cccc(C)c1. The molecule has 1 unspecified atom stereocenters. The molecule has 0 spiro atoms. The van der Waals surface area contributed by atoms with Gasteiger partial charge in [0.15, 0.2) is 0 Å². The van der Waals surface area contributed by atoms with Gasteiger partial charge in [-0.3, -0.25) is 4.79 Å². The molecule has 0 aliphatic carbocycles. The minimum Gasteiger partial charge on any atom is -0.455 e. The van der Waals surface area contributed by atoms with E-state index >= 15 is 0 Å². The van der Waals surface area contributed by atoms with Crippen molar-refractivity contribution in [1.29, 1.82) is 0 Å². The fourth-order valence-corrected chi connectivity index (χ4v) is 4.37. The summed E-state index contributed by atoms with van der Waals surface area (Å²) in [4.78, 5) is 12.9. The lowest BCUT2D eigenvalue weighted by atomic mass is 9.97. The van der Waals surface area contributed by atoms with Gasteiger partial charge < -0.3 is 14.0 Å². The average Bonchev–Trinajstić information content (AvgIpc) is 3.15. The predicted molar refractivity (Wildman–Crippen MR) is 135 cm³/mol. The van der Waals surface area contributed by atoms with Crippen molar-refractivity contribution in [3.63, 3.8) is 0 Å². The van der Waals surface area contributed by atoms with Crippen LogP contribution < -0.4 is 9.62 Å². The predicted octanol–water partition coefficient (Wildman–Crippen LogP) is 5.27. The number of hydrogen-bond donors (Lipinski definition) is 1. The van der Waals surface area contributed by atoms with Crippen molar-refractivity contribution in [1.82, 2.24) is 5.32 Å². The molecule has 3 aromatic carbocycles. The van der Waals surface area contributed by atoms with Crippen LogP contribution >= 0.6 is 0 Å². The van der Waals surface area contributed by atoms with E-state index in [0.717, 1.165) is 16.7 Å². The largest absolute Gasteiger partial charge is 0.455 e. The molecule has 0 saturated heterocycles. The number of nitrogens with zero attached hydrogens (tertiary/aromatic N) is 1. The van der Waals surface area contributed by atoms with Gasteiger partial charge in [0.25, 0.3) is 5.91 Å². The Morgan fingerprint density at radius 2 is 1.79 bits per heavy atom.